The molecular formula is C36H36N4O3S2. The molecule has 230 valence electrons. The molecule has 5 rings (SSSR count). The molecular weight excluding hydrogens is 601 g/mol. The van der Waals surface area contributed by atoms with E-state index in [1.807, 2.05) is 54.6 Å². The van der Waals surface area contributed by atoms with Crippen molar-refractivity contribution in [1.82, 2.24) is 4.98 Å². The molecule has 1 aliphatic rings. The molecule has 1 N–H and O–H groups in total. The van der Waals surface area contributed by atoms with Crippen LogP contribution in [0.2, 0.25) is 0 Å². The molecule has 0 spiro atoms. The van der Waals surface area contributed by atoms with Crippen molar-refractivity contribution in [3.8, 4) is 46.0 Å². The Labute approximate surface area is 273 Å². The van der Waals surface area contributed by atoms with E-state index in [4.69, 9.17) is 14.5 Å². The van der Waals surface area contributed by atoms with Crippen LogP contribution in [0.15, 0.2) is 59.6 Å². The third-order valence-corrected chi connectivity index (χ3v) is 10.4. The fourth-order valence-electron chi connectivity index (χ4n) is 5.76. The van der Waals surface area contributed by atoms with Gasteiger partial charge in [0, 0.05) is 33.7 Å². The Balaban J connectivity index is 1.39. The number of pyridine rings is 1. The number of rotatable bonds is 9. The number of nitrogens with one attached hydrogen (secondary N) is 1. The maximum Gasteiger partial charge on any atom is 0.225 e. The van der Waals surface area contributed by atoms with E-state index in [0.29, 0.717) is 61.1 Å². The molecule has 0 aliphatic heterocycles. The molecule has 1 unspecified atom stereocenters. The number of nitriles is 2. The van der Waals surface area contributed by atoms with Gasteiger partial charge in [0.15, 0.2) is 11.5 Å². The Morgan fingerprint density at radius 2 is 1.80 bits per heavy atom. The number of para-hydroxylation sites is 1. The fourth-order valence-corrected chi connectivity index (χ4v) is 8.00. The number of carbonyl (C=O) groups excluding carboxylic acids is 1. The lowest BCUT2D eigenvalue weighted by atomic mass is 9.72. The number of fused-ring (bicyclic) bond motifs is 1. The number of hydrogen-bond acceptors (Lipinski definition) is 8. The minimum absolute atomic E-state index is 0.169. The van der Waals surface area contributed by atoms with Gasteiger partial charge in [-0.25, -0.2) is 4.98 Å². The number of carbonyl (C=O) groups is 1. The number of aromatic nitrogens is 1. The molecule has 1 atom stereocenters. The summed E-state index contributed by atoms with van der Waals surface area (Å²) in [6.07, 6.45) is 3.04. The van der Waals surface area contributed by atoms with E-state index < -0.39 is 0 Å². The third-order valence-electron chi connectivity index (χ3n) is 8.28. The van der Waals surface area contributed by atoms with E-state index in [-0.39, 0.29) is 17.7 Å². The van der Waals surface area contributed by atoms with Crippen LogP contribution < -0.4 is 14.8 Å². The van der Waals surface area contributed by atoms with Gasteiger partial charge in [-0.05, 0) is 48.3 Å². The molecule has 45 heavy (non-hydrogen) atoms. The first-order valence-electron chi connectivity index (χ1n) is 14.9. The zero-order chi connectivity index (χ0) is 32.1. The number of benzene rings is 2. The van der Waals surface area contributed by atoms with Gasteiger partial charge in [-0.15, -0.1) is 23.1 Å². The van der Waals surface area contributed by atoms with E-state index in [2.05, 4.69) is 38.2 Å². The van der Waals surface area contributed by atoms with Crippen LogP contribution >= 0.6 is 23.1 Å². The van der Waals surface area contributed by atoms with Gasteiger partial charge in [-0.2, -0.15) is 10.5 Å². The first-order valence-corrected chi connectivity index (χ1v) is 16.7. The van der Waals surface area contributed by atoms with Crippen molar-refractivity contribution in [1.29, 1.82) is 10.5 Å². The number of hydrogen-bond donors (Lipinski definition) is 1. The second-order valence-corrected chi connectivity index (χ2v) is 14.2. The minimum atomic E-state index is -0.169. The number of anilines is 1. The van der Waals surface area contributed by atoms with Crippen LogP contribution in [0.5, 0.6) is 11.5 Å². The summed E-state index contributed by atoms with van der Waals surface area (Å²) in [5, 5.41) is 24.5. The van der Waals surface area contributed by atoms with Gasteiger partial charge in [-0.3, -0.25) is 4.79 Å². The lowest BCUT2D eigenvalue weighted by Gasteiger charge is -2.33. The van der Waals surface area contributed by atoms with Gasteiger partial charge >= 0.3 is 0 Å². The molecule has 9 heteroatoms. The maximum atomic E-state index is 13.1. The van der Waals surface area contributed by atoms with Crippen molar-refractivity contribution >= 4 is 34.0 Å². The van der Waals surface area contributed by atoms with E-state index in [9.17, 15) is 15.3 Å². The number of ether oxygens (including phenoxy) is 2. The van der Waals surface area contributed by atoms with Crippen LogP contribution in [0.4, 0.5) is 5.00 Å². The van der Waals surface area contributed by atoms with E-state index in [1.54, 1.807) is 14.2 Å². The molecule has 7 nitrogen and oxygen atoms in total. The van der Waals surface area contributed by atoms with E-state index in [0.717, 1.165) is 30.4 Å². The van der Waals surface area contributed by atoms with Crippen LogP contribution in [0.1, 0.15) is 55.2 Å². The van der Waals surface area contributed by atoms with Crippen molar-refractivity contribution in [2.45, 2.75) is 51.5 Å². The van der Waals surface area contributed by atoms with Gasteiger partial charge in [0.25, 0.3) is 0 Å². The van der Waals surface area contributed by atoms with Crippen LogP contribution in [0.3, 0.4) is 0 Å². The topological polar surface area (TPSA) is 108 Å². The quantitative estimate of drug-likeness (QED) is 0.184. The second kappa shape index (κ2) is 13.8. The molecule has 0 fully saturated rings. The average Bonchev–Trinajstić information content (AvgIpc) is 3.39. The first-order chi connectivity index (χ1) is 21.7. The Kier molecular flexibility index (Phi) is 9.82. The molecule has 0 bridgehead atoms. The Bertz CT molecular complexity index is 1800. The molecule has 2 aromatic heterocycles. The summed E-state index contributed by atoms with van der Waals surface area (Å²) in [6, 6.07) is 21.9. The van der Waals surface area contributed by atoms with Crippen LogP contribution in [-0.4, -0.2) is 30.9 Å². The predicted molar refractivity (Wildman–Crippen MR) is 181 cm³/mol. The Hall–Kier alpha value is -4.31. The summed E-state index contributed by atoms with van der Waals surface area (Å²) in [5.41, 5.74) is 5.29. The molecule has 2 aromatic carbocycles. The SMILES string of the molecule is COc1cccc(-c2cc(-c3ccccc3)nc(SCCC(=O)Nc3sc4c(c3C#N)CCC(C(C)(C)C)C4)c2C#N)c1OC. The van der Waals surface area contributed by atoms with Gasteiger partial charge in [0.05, 0.1) is 31.0 Å². The van der Waals surface area contributed by atoms with E-state index >= 15 is 0 Å². The molecule has 1 amide bonds. The summed E-state index contributed by atoms with van der Waals surface area (Å²) in [4.78, 5) is 19.2. The monoisotopic (exact) mass is 636 g/mol. The van der Waals surface area contributed by atoms with Crippen LogP contribution in [-0.2, 0) is 17.6 Å². The van der Waals surface area contributed by atoms with Crippen molar-refractivity contribution < 1.29 is 14.3 Å². The second-order valence-electron chi connectivity index (χ2n) is 12.0. The molecule has 4 aromatic rings. The first kappa shape index (κ1) is 32.1. The number of thioether (sulfide) groups is 1. The smallest absolute Gasteiger partial charge is 0.225 e. The number of methoxy groups -OCH3 is 2. The van der Waals surface area contributed by atoms with Gasteiger partial charge in [0.1, 0.15) is 22.2 Å². The summed E-state index contributed by atoms with van der Waals surface area (Å²) in [5.74, 6) is 1.86. The van der Waals surface area contributed by atoms with Crippen molar-refractivity contribution in [3.05, 3.63) is 76.2 Å². The summed E-state index contributed by atoms with van der Waals surface area (Å²) < 4.78 is 11.2. The highest BCUT2D eigenvalue weighted by Crippen LogP contribution is 2.45. The zero-order valence-electron chi connectivity index (χ0n) is 26.2. The van der Waals surface area contributed by atoms with Gasteiger partial charge in [0.2, 0.25) is 5.91 Å². The van der Waals surface area contributed by atoms with Crippen LogP contribution in [0, 0.1) is 34.0 Å². The lowest BCUT2D eigenvalue weighted by molar-refractivity contribution is -0.115. The predicted octanol–water partition coefficient (Wildman–Crippen LogP) is 8.51. The highest BCUT2D eigenvalue weighted by Gasteiger charge is 2.32. The maximum absolute atomic E-state index is 13.1. The van der Waals surface area contributed by atoms with E-state index in [1.165, 1.54) is 28.0 Å². The average molecular weight is 637 g/mol. The molecule has 0 radical (unpaired) electrons. The van der Waals surface area contributed by atoms with Crippen molar-refractivity contribution in [3.63, 3.8) is 0 Å². The summed E-state index contributed by atoms with van der Waals surface area (Å²) in [6.45, 7) is 6.79. The van der Waals surface area contributed by atoms with Gasteiger partial charge in [-0.1, -0.05) is 63.2 Å². The Morgan fingerprint density at radius 3 is 2.47 bits per heavy atom. The molecule has 0 saturated carbocycles. The van der Waals surface area contributed by atoms with Crippen LogP contribution in [0.25, 0.3) is 22.4 Å². The lowest BCUT2D eigenvalue weighted by Crippen LogP contribution is -2.26. The van der Waals surface area contributed by atoms with Crippen molar-refractivity contribution in [2.75, 3.05) is 25.3 Å². The fraction of sp³-hybridized carbons (Fsp3) is 0.333. The number of amides is 1. The zero-order valence-corrected chi connectivity index (χ0v) is 27.8. The minimum Gasteiger partial charge on any atom is -0.493 e. The van der Waals surface area contributed by atoms with Gasteiger partial charge < -0.3 is 14.8 Å². The summed E-state index contributed by atoms with van der Waals surface area (Å²) in [7, 11) is 3.15. The summed E-state index contributed by atoms with van der Waals surface area (Å²) >= 11 is 2.90. The Morgan fingerprint density at radius 1 is 1.04 bits per heavy atom. The normalized spacial score (nSPS) is 14.2. The highest BCUT2D eigenvalue weighted by atomic mass is 32.2. The standard InChI is InChI=1S/C36H36N4O3S2/c1-36(2,3)23-14-15-24-27(20-37)35(45-31(24)18-23)40-32(41)16-17-44-34-28(21-38)26(19-29(39-34)22-10-7-6-8-11-22)25-12-9-13-30(42-4)33(25)43-5/h6-13,19,23H,14-18H2,1-5H3,(H,40,41). The number of nitrogens with zero attached hydrogens (tertiary/aromatic N) is 3. The third kappa shape index (κ3) is 6.86. The number of thiophene rings is 1. The molecule has 1 aliphatic carbocycles. The largest absolute Gasteiger partial charge is 0.493 e. The van der Waals surface area contributed by atoms with Crippen molar-refractivity contribution in [2.24, 2.45) is 11.3 Å². The highest BCUT2D eigenvalue weighted by molar-refractivity contribution is 7.99. The molecule has 2 heterocycles. The molecule has 0 saturated heterocycles.